The summed E-state index contributed by atoms with van der Waals surface area (Å²) in [5, 5.41) is 5.04. The second-order valence-corrected chi connectivity index (χ2v) is 8.60. The lowest BCUT2D eigenvalue weighted by Crippen LogP contribution is -2.49. The van der Waals surface area contributed by atoms with Gasteiger partial charge in [-0.05, 0) is 36.4 Å². The number of benzene rings is 2. The maximum atomic E-state index is 13.2. The molecule has 1 heterocycles. The molecule has 1 fully saturated rings. The van der Waals surface area contributed by atoms with Gasteiger partial charge in [-0.3, -0.25) is 9.69 Å². The van der Waals surface area contributed by atoms with Crippen molar-refractivity contribution in [3.05, 3.63) is 59.7 Å². The Morgan fingerprint density at radius 1 is 1.00 bits per heavy atom. The number of hydrogen-bond acceptors (Lipinski definition) is 5. The van der Waals surface area contributed by atoms with Crippen LogP contribution in [0.4, 0.5) is 13.2 Å². The minimum absolute atomic E-state index is 0.00673. The fraction of sp³-hybridized carbons (Fsp3) is 0.350. The maximum absolute atomic E-state index is 13.2. The van der Waals surface area contributed by atoms with Gasteiger partial charge in [0.05, 0.1) is 16.0 Å². The number of nitrogens with two attached hydrogens (primary N) is 1. The van der Waals surface area contributed by atoms with Gasteiger partial charge in [0.2, 0.25) is 10.0 Å². The summed E-state index contributed by atoms with van der Waals surface area (Å²) in [7, 11) is -3.76. The number of alkyl halides is 3. The average molecular weight is 457 g/mol. The van der Waals surface area contributed by atoms with Crippen LogP contribution in [0.15, 0.2) is 53.4 Å². The van der Waals surface area contributed by atoms with E-state index in [1.165, 1.54) is 47.4 Å². The van der Waals surface area contributed by atoms with Crippen molar-refractivity contribution in [2.45, 2.75) is 11.1 Å². The highest BCUT2D eigenvalue weighted by molar-refractivity contribution is 7.89. The van der Waals surface area contributed by atoms with Gasteiger partial charge in [0.15, 0.2) is 0 Å². The summed E-state index contributed by atoms with van der Waals surface area (Å²) < 4.78 is 67.6. The van der Waals surface area contributed by atoms with Crippen molar-refractivity contribution in [2.24, 2.45) is 5.14 Å². The predicted molar refractivity (Wildman–Crippen MR) is 107 cm³/mol. The number of halogens is 3. The van der Waals surface area contributed by atoms with E-state index in [4.69, 9.17) is 9.88 Å². The van der Waals surface area contributed by atoms with Crippen LogP contribution in [0.25, 0.3) is 0 Å². The molecule has 1 aliphatic heterocycles. The number of ether oxygens (including phenoxy) is 1. The Kier molecular flexibility index (Phi) is 6.87. The van der Waals surface area contributed by atoms with E-state index in [9.17, 15) is 26.4 Å². The summed E-state index contributed by atoms with van der Waals surface area (Å²) in [4.78, 5) is 16.1. The van der Waals surface area contributed by atoms with Crippen LogP contribution >= 0.6 is 0 Å². The topological polar surface area (TPSA) is 92.9 Å². The molecule has 2 N–H and O–H groups in total. The third-order valence-electron chi connectivity index (χ3n) is 4.95. The monoisotopic (exact) mass is 457 g/mol. The molecule has 0 atom stereocenters. The van der Waals surface area contributed by atoms with Crippen LogP contribution in [0.2, 0.25) is 0 Å². The second-order valence-electron chi connectivity index (χ2n) is 7.04. The highest BCUT2D eigenvalue weighted by Gasteiger charge is 2.36. The molecule has 0 unspecified atom stereocenters. The van der Waals surface area contributed by atoms with Gasteiger partial charge in [-0.25, -0.2) is 13.6 Å². The van der Waals surface area contributed by atoms with Gasteiger partial charge in [-0.1, -0.05) is 12.1 Å². The lowest BCUT2D eigenvalue weighted by Gasteiger charge is -2.35. The summed E-state index contributed by atoms with van der Waals surface area (Å²) in [5.74, 6) is -0.135. The van der Waals surface area contributed by atoms with Crippen molar-refractivity contribution in [1.29, 1.82) is 0 Å². The molecule has 168 valence electrons. The van der Waals surface area contributed by atoms with Gasteiger partial charge in [0.1, 0.15) is 12.4 Å². The van der Waals surface area contributed by atoms with Crippen molar-refractivity contribution in [3.63, 3.8) is 0 Å². The first kappa shape index (κ1) is 23.0. The number of piperazine rings is 1. The number of carbonyl (C=O) groups is 1. The van der Waals surface area contributed by atoms with Gasteiger partial charge in [-0.2, -0.15) is 13.2 Å². The first-order chi connectivity index (χ1) is 14.6. The quantitative estimate of drug-likeness (QED) is 0.718. The van der Waals surface area contributed by atoms with Crippen LogP contribution in [-0.2, 0) is 16.2 Å². The molecule has 2 aromatic carbocycles. The van der Waals surface area contributed by atoms with E-state index in [0.717, 1.165) is 6.07 Å². The molecule has 0 saturated carbocycles. The molecule has 1 aliphatic rings. The zero-order valence-electron chi connectivity index (χ0n) is 16.5. The lowest BCUT2D eigenvalue weighted by molar-refractivity contribution is -0.138. The SMILES string of the molecule is NS(=O)(=O)c1ccc(OCCN2CCN(C(=O)c3ccccc3C(F)(F)F)CC2)cc1. The number of nitrogens with zero attached hydrogens (tertiary/aromatic N) is 2. The summed E-state index contributed by atoms with van der Waals surface area (Å²) >= 11 is 0. The summed E-state index contributed by atoms with van der Waals surface area (Å²) in [6.45, 7) is 2.53. The molecular formula is C20H22F3N3O4S. The Morgan fingerprint density at radius 2 is 1.61 bits per heavy atom. The van der Waals surface area contributed by atoms with Gasteiger partial charge >= 0.3 is 6.18 Å². The zero-order chi connectivity index (χ0) is 22.6. The van der Waals surface area contributed by atoms with E-state index in [-0.39, 0.29) is 10.5 Å². The molecule has 1 saturated heterocycles. The number of rotatable bonds is 6. The lowest BCUT2D eigenvalue weighted by atomic mass is 10.1. The first-order valence-corrected chi connectivity index (χ1v) is 11.0. The summed E-state index contributed by atoms with van der Waals surface area (Å²) in [6, 6.07) is 10.5. The molecular weight excluding hydrogens is 435 g/mol. The Balaban J connectivity index is 1.49. The minimum atomic E-state index is -4.59. The molecule has 31 heavy (non-hydrogen) atoms. The molecule has 11 heteroatoms. The Hall–Kier alpha value is -2.63. The zero-order valence-corrected chi connectivity index (χ0v) is 17.3. The van der Waals surface area contributed by atoms with Crippen molar-refractivity contribution in [2.75, 3.05) is 39.3 Å². The van der Waals surface area contributed by atoms with Crippen LogP contribution in [0, 0.1) is 0 Å². The fourth-order valence-electron chi connectivity index (χ4n) is 3.28. The van der Waals surface area contributed by atoms with Crippen LogP contribution in [0.3, 0.4) is 0 Å². The Labute approximate surface area is 178 Å². The molecule has 2 aromatic rings. The second kappa shape index (κ2) is 9.25. The highest BCUT2D eigenvalue weighted by Crippen LogP contribution is 2.32. The predicted octanol–water partition coefficient (Wildman–Crippen LogP) is 2.19. The largest absolute Gasteiger partial charge is 0.492 e. The van der Waals surface area contributed by atoms with E-state index in [1.807, 2.05) is 4.90 Å². The fourth-order valence-corrected chi connectivity index (χ4v) is 3.80. The Morgan fingerprint density at radius 3 is 2.19 bits per heavy atom. The maximum Gasteiger partial charge on any atom is 0.417 e. The van der Waals surface area contributed by atoms with Gasteiger partial charge < -0.3 is 9.64 Å². The van der Waals surface area contributed by atoms with E-state index in [2.05, 4.69) is 0 Å². The van der Waals surface area contributed by atoms with Gasteiger partial charge in [0.25, 0.3) is 5.91 Å². The molecule has 0 bridgehead atoms. The molecule has 7 nitrogen and oxygen atoms in total. The van der Waals surface area contributed by atoms with Crippen molar-refractivity contribution in [1.82, 2.24) is 9.80 Å². The van der Waals surface area contributed by atoms with Crippen molar-refractivity contribution >= 4 is 15.9 Å². The number of primary sulfonamides is 1. The molecule has 0 spiro atoms. The van der Waals surface area contributed by atoms with E-state index >= 15 is 0 Å². The first-order valence-electron chi connectivity index (χ1n) is 9.49. The van der Waals surface area contributed by atoms with Crippen LogP contribution in [-0.4, -0.2) is 63.5 Å². The van der Waals surface area contributed by atoms with Gasteiger partial charge in [-0.15, -0.1) is 0 Å². The normalized spacial score (nSPS) is 15.7. The minimum Gasteiger partial charge on any atom is -0.492 e. The Bertz CT molecular complexity index is 1020. The number of amides is 1. The third-order valence-corrected chi connectivity index (χ3v) is 5.88. The molecule has 0 aromatic heterocycles. The number of hydrogen-bond donors (Lipinski definition) is 1. The summed E-state index contributed by atoms with van der Waals surface area (Å²) in [5.41, 5.74) is -1.26. The standard InChI is InChI=1S/C20H22F3N3O4S/c21-20(22,23)18-4-2-1-3-17(18)19(27)26-11-9-25(10-12-26)13-14-30-15-5-7-16(8-6-15)31(24,28)29/h1-8H,9-14H2,(H2,24,28,29). The highest BCUT2D eigenvalue weighted by atomic mass is 32.2. The molecule has 0 aliphatic carbocycles. The van der Waals surface area contributed by atoms with Crippen molar-refractivity contribution in [3.8, 4) is 5.75 Å². The number of carbonyl (C=O) groups excluding carboxylic acids is 1. The molecule has 0 radical (unpaired) electrons. The van der Waals surface area contributed by atoms with E-state index in [0.29, 0.717) is 45.1 Å². The average Bonchev–Trinajstić information content (AvgIpc) is 2.73. The van der Waals surface area contributed by atoms with Crippen LogP contribution in [0.5, 0.6) is 5.75 Å². The number of sulfonamides is 1. The van der Waals surface area contributed by atoms with Gasteiger partial charge in [0, 0.05) is 32.7 Å². The van der Waals surface area contributed by atoms with E-state index in [1.54, 1.807) is 0 Å². The van der Waals surface area contributed by atoms with E-state index < -0.39 is 27.7 Å². The molecule has 3 rings (SSSR count). The van der Waals surface area contributed by atoms with Crippen LogP contribution in [0.1, 0.15) is 15.9 Å². The third kappa shape index (κ3) is 5.96. The van der Waals surface area contributed by atoms with Crippen LogP contribution < -0.4 is 9.88 Å². The van der Waals surface area contributed by atoms with Crippen molar-refractivity contribution < 1.29 is 31.1 Å². The summed E-state index contributed by atoms with van der Waals surface area (Å²) in [6.07, 6.45) is -4.59. The smallest absolute Gasteiger partial charge is 0.417 e. The molecule has 1 amide bonds.